The Balaban J connectivity index is 0.707. The van der Waals surface area contributed by atoms with Crippen LogP contribution in [0.5, 0.6) is 11.5 Å². The van der Waals surface area contributed by atoms with Crippen molar-refractivity contribution in [2.75, 3.05) is 93.8 Å². The fourth-order valence-electron chi connectivity index (χ4n) is 10.7. The average Bonchev–Trinajstić information content (AvgIpc) is 3.88. The van der Waals surface area contributed by atoms with Crippen LogP contribution in [-0.2, 0) is 31.2 Å². The molecule has 2 aromatic carbocycles. The summed E-state index contributed by atoms with van der Waals surface area (Å²) in [5.41, 5.74) is 5.87. The second-order valence-corrected chi connectivity index (χ2v) is 25.6. The van der Waals surface area contributed by atoms with Crippen molar-refractivity contribution in [3.63, 3.8) is 0 Å². The average molecular weight is 1070 g/mol. The number of fused-ring (bicyclic) bond motifs is 2. The first-order valence-corrected chi connectivity index (χ1v) is 28.3. The van der Waals surface area contributed by atoms with Gasteiger partial charge in [0.25, 0.3) is 0 Å². The third-order valence-electron chi connectivity index (χ3n) is 15.5. The van der Waals surface area contributed by atoms with E-state index in [0.29, 0.717) is 93.2 Å². The highest BCUT2D eigenvalue weighted by molar-refractivity contribution is 7.92. The topological polar surface area (TPSA) is 209 Å². The number of sulfone groups is 1. The molecule has 1 unspecified atom stereocenters. The van der Waals surface area contributed by atoms with Gasteiger partial charge in [-0.05, 0) is 102 Å². The summed E-state index contributed by atoms with van der Waals surface area (Å²) in [6.07, 6.45) is 8.81. The predicted molar refractivity (Wildman–Crippen MR) is 294 cm³/mol. The first kappa shape index (κ1) is 54.0. The summed E-state index contributed by atoms with van der Waals surface area (Å²) in [5, 5.41) is 14.8. The van der Waals surface area contributed by atoms with Gasteiger partial charge in [0.1, 0.15) is 41.3 Å². The van der Waals surface area contributed by atoms with E-state index in [0.717, 1.165) is 72.8 Å². The molecule has 0 aliphatic carbocycles. The maximum atomic E-state index is 14.3. The number of hydrogen-bond acceptors (Lipinski definition) is 17. The number of halogens is 1. The van der Waals surface area contributed by atoms with Gasteiger partial charge < -0.3 is 34.6 Å². The number of aromatic amines is 1. The van der Waals surface area contributed by atoms with Crippen molar-refractivity contribution in [2.24, 2.45) is 5.92 Å². The molecule has 6 aromatic rings. The van der Waals surface area contributed by atoms with Crippen LogP contribution >= 0.6 is 0 Å². The van der Waals surface area contributed by atoms with Crippen molar-refractivity contribution >= 4 is 49.9 Å². The number of pyridine rings is 1. The summed E-state index contributed by atoms with van der Waals surface area (Å²) in [7, 11) is -3.83. The molecule has 0 spiro atoms. The molecule has 1 amide bonds. The van der Waals surface area contributed by atoms with Crippen LogP contribution in [0.1, 0.15) is 82.5 Å². The summed E-state index contributed by atoms with van der Waals surface area (Å²) >= 11 is 0. The number of nitrogens with zero attached hydrogens (tertiary/aromatic N) is 10. The van der Waals surface area contributed by atoms with Crippen LogP contribution < -0.4 is 29.9 Å². The van der Waals surface area contributed by atoms with E-state index < -0.39 is 14.6 Å². The molecule has 4 aliphatic heterocycles. The van der Waals surface area contributed by atoms with E-state index in [1.165, 1.54) is 18.5 Å². The van der Waals surface area contributed by atoms with E-state index in [4.69, 9.17) is 19.2 Å². The fourth-order valence-corrected chi connectivity index (χ4v) is 12.0. The lowest BCUT2D eigenvalue weighted by molar-refractivity contribution is -0.121. The highest BCUT2D eigenvalue weighted by Gasteiger charge is 2.41. The molecule has 0 bridgehead atoms. The lowest BCUT2D eigenvalue weighted by Gasteiger charge is -2.43. The molecule has 10 rings (SSSR count). The molecule has 77 heavy (non-hydrogen) atoms. The molecule has 3 saturated heterocycles. The lowest BCUT2D eigenvalue weighted by atomic mass is 9.91. The summed E-state index contributed by atoms with van der Waals surface area (Å²) in [6, 6.07) is 12.3. The Morgan fingerprint density at radius 3 is 2.42 bits per heavy atom. The second kappa shape index (κ2) is 22.2. The molecule has 8 heterocycles. The van der Waals surface area contributed by atoms with Crippen molar-refractivity contribution < 1.29 is 31.8 Å². The maximum absolute atomic E-state index is 14.3. The molecule has 19 nitrogen and oxygen atoms in total. The Labute approximate surface area is 450 Å². The van der Waals surface area contributed by atoms with Crippen molar-refractivity contribution in [2.45, 2.75) is 108 Å². The minimum absolute atomic E-state index is 0.0634. The van der Waals surface area contributed by atoms with E-state index in [1.807, 2.05) is 24.9 Å². The molecular formula is C56H72FN13O6S. The van der Waals surface area contributed by atoms with Crippen LogP contribution in [0.4, 0.5) is 27.7 Å². The number of rotatable bonds is 16. The molecule has 3 atom stereocenters. The maximum Gasteiger partial charge on any atom is 0.241 e. The number of carbonyl (C=O) groups excluding carboxylic acids is 1. The summed E-state index contributed by atoms with van der Waals surface area (Å²) in [5.74, 6) is 2.48. The second-order valence-electron chi connectivity index (χ2n) is 22.9. The zero-order valence-electron chi connectivity index (χ0n) is 45.5. The molecule has 3 fully saturated rings. The molecule has 4 aromatic heterocycles. The highest BCUT2D eigenvalue weighted by Crippen LogP contribution is 2.41. The van der Waals surface area contributed by atoms with Crippen LogP contribution in [-0.4, -0.2) is 161 Å². The standard InChI is InChI=1S/C56H72FN13O6S/c1-35-27-69(30-50(71)70-33-56(7,8)51-47(70)20-40(23-59-51)19-38-9-11-41(57)12-10-38)42(24-58-35)28-67-17-18-74-44(29-67)32-75-43-25-60-54(61-26-43)68-15-13-39(14-16-68)31-76-48-22-46-45(21-49(48)77(72,73)55(4,5)6)53(63-34-62-46)64-52-36(2)37(3)65-66-52/h9-12,20-23,25-26,34-35,39,42,44,58H,13-19,24,27-33H2,1-8H3,(H2,62,63,64,65,66)/t35-,42-,44?/m1/s1. The monoisotopic (exact) mass is 1070 g/mol. The predicted octanol–water partition coefficient (Wildman–Crippen LogP) is 6.56. The number of amides is 1. The normalized spacial score (nSPS) is 20.6. The number of piperidine rings is 1. The Morgan fingerprint density at radius 2 is 1.69 bits per heavy atom. The number of morpholine rings is 1. The number of ether oxygens (including phenoxy) is 3. The first-order chi connectivity index (χ1) is 36.8. The number of aromatic nitrogens is 7. The third kappa shape index (κ3) is 12.0. The van der Waals surface area contributed by atoms with Gasteiger partial charge in [-0.2, -0.15) is 5.10 Å². The number of benzene rings is 2. The van der Waals surface area contributed by atoms with E-state index in [9.17, 15) is 17.6 Å². The lowest BCUT2D eigenvalue weighted by Crippen LogP contribution is -2.61. The van der Waals surface area contributed by atoms with Gasteiger partial charge in [0.05, 0.1) is 53.8 Å². The van der Waals surface area contributed by atoms with E-state index in [1.54, 1.807) is 57.4 Å². The van der Waals surface area contributed by atoms with Crippen LogP contribution in [0.2, 0.25) is 0 Å². The number of anilines is 4. The van der Waals surface area contributed by atoms with E-state index in [2.05, 4.69) is 82.3 Å². The molecule has 410 valence electrons. The Bertz CT molecular complexity index is 3180. The number of hydrogen-bond donors (Lipinski definition) is 3. The molecule has 21 heteroatoms. The number of aryl methyl sites for hydroxylation is 1. The van der Waals surface area contributed by atoms with Crippen molar-refractivity contribution in [1.82, 2.24) is 50.2 Å². The molecular weight excluding hydrogens is 1000 g/mol. The SMILES string of the molecule is Cc1[nH]nc(Nc2ncnc3cc(OCC4CCN(c5ncc(OCC6CN(C[C@H]7CN[C@H](C)CN7CC(=O)N7CC(C)(C)c8ncc(Cc9ccc(F)cc9)cc87)CCO6)cn5)CC4)c(S(=O)(=O)C(C)(C)C)cc23)c1C. The van der Waals surface area contributed by atoms with Crippen LogP contribution in [0.25, 0.3) is 10.9 Å². The van der Waals surface area contributed by atoms with Gasteiger partial charge in [-0.1, -0.05) is 26.0 Å². The zero-order valence-corrected chi connectivity index (χ0v) is 46.3. The largest absolute Gasteiger partial charge is 0.492 e. The number of piperazine rings is 1. The summed E-state index contributed by atoms with van der Waals surface area (Å²) < 4.78 is 59.5. The fraction of sp³-hybridized carbons (Fsp3) is 0.518. The Kier molecular flexibility index (Phi) is 15.5. The zero-order chi connectivity index (χ0) is 54.2. The number of carbonyl (C=O) groups is 1. The van der Waals surface area contributed by atoms with Gasteiger partial charge in [-0.3, -0.25) is 24.7 Å². The van der Waals surface area contributed by atoms with E-state index in [-0.39, 0.29) is 51.9 Å². The Hall–Kier alpha value is -6.39. The third-order valence-corrected chi connectivity index (χ3v) is 18.0. The van der Waals surface area contributed by atoms with Crippen LogP contribution in [0.15, 0.2) is 72.3 Å². The smallest absolute Gasteiger partial charge is 0.241 e. The number of nitrogens with one attached hydrogen (secondary N) is 3. The van der Waals surface area contributed by atoms with Crippen molar-refractivity contribution in [1.29, 1.82) is 0 Å². The minimum Gasteiger partial charge on any atom is -0.492 e. The first-order valence-electron chi connectivity index (χ1n) is 26.8. The quantitative estimate of drug-likeness (QED) is 0.0937. The van der Waals surface area contributed by atoms with Crippen molar-refractivity contribution in [3.05, 3.63) is 101 Å². The minimum atomic E-state index is -3.83. The van der Waals surface area contributed by atoms with Gasteiger partial charge in [0.2, 0.25) is 11.9 Å². The Morgan fingerprint density at radius 1 is 0.922 bits per heavy atom. The van der Waals surface area contributed by atoms with Crippen LogP contribution in [0.3, 0.4) is 0 Å². The van der Waals surface area contributed by atoms with Gasteiger partial charge in [-0.25, -0.2) is 32.7 Å². The van der Waals surface area contributed by atoms with E-state index >= 15 is 0 Å². The van der Waals surface area contributed by atoms with Gasteiger partial charge in [0.15, 0.2) is 21.4 Å². The van der Waals surface area contributed by atoms with Gasteiger partial charge >= 0.3 is 0 Å². The van der Waals surface area contributed by atoms with Gasteiger partial charge in [-0.15, -0.1) is 0 Å². The molecule has 4 aliphatic rings. The summed E-state index contributed by atoms with van der Waals surface area (Å²) in [4.78, 5) is 46.4. The highest BCUT2D eigenvalue weighted by atomic mass is 32.2. The van der Waals surface area contributed by atoms with Gasteiger partial charge in [0, 0.05) is 98.8 Å². The van der Waals surface area contributed by atoms with Crippen molar-refractivity contribution in [3.8, 4) is 11.5 Å². The van der Waals surface area contributed by atoms with Crippen LogP contribution in [0, 0.1) is 25.6 Å². The number of H-pyrrole nitrogens is 1. The molecule has 0 radical (unpaired) electrons. The molecule has 0 saturated carbocycles. The summed E-state index contributed by atoms with van der Waals surface area (Å²) in [6.45, 7) is 22.7. The molecule has 3 N–H and O–H groups in total.